The number of tetrazole rings is 1. The van der Waals surface area contributed by atoms with Crippen LogP contribution in [0.5, 0.6) is 0 Å². The molecule has 7 heteroatoms. The molecule has 1 fully saturated rings. The summed E-state index contributed by atoms with van der Waals surface area (Å²) in [6.45, 7) is 6.40. The fraction of sp³-hybridized carbons (Fsp3) is 0.474. The van der Waals surface area contributed by atoms with Crippen LogP contribution >= 0.6 is 0 Å². The predicted molar refractivity (Wildman–Crippen MR) is 98.7 cm³/mol. The van der Waals surface area contributed by atoms with Crippen molar-refractivity contribution in [2.75, 3.05) is 6.54 Å². The fourth-order valence-electron chi connectivity index (χ4n) is 3.25. The van der Waals surface area contributed by atoms with Gasteiger partial charge in [-0.25, -0.2) is 0 Å². The van der Waals surface area contributed by atoms with Gasteiger partial charge in [0.25, 0.3) is 5.91 Å². The van der Waals surface area contributed by atoms with E-state index < -0.39 is 6.10 Å². The average molecular weight is 355 g/mol. The van der Waals surface area contributed by atoms with Gasteiger partial charge in [0.1, 0.15) is 0 Å². The average Bonchev–Trinajstić information content (AvgIpc) is 3.15. The monoisotopic (exact) mass is 355 g/mol. The number of hydrogen-bond donors (Lipinski definition) is 0. The van der Waals surface area contributed by atoms with Crippen LogP contribution in [-0.2, 0) is 9.53 Å². The highest BCUT2D eigenvalue weighted by molar-refractivity contribution is 5.83. The van der Waals surface area contributed by atoms with Crippen LogP contribution in [-0.4, -0.2) is 43.7 Å². The molecule has 2 unspecified atom stereocenters. The van der Waals surface area contributed by atoms with Crippen LogP contribution in [0.1, 0.15) is 51.9 Å². The van der Waals surface area contributed by atoms with Gasteiger partial charge in [0.05, 0.1) is 17.5 Å². The number of aromatic nitrogens is 4. The first-order valence-corrected chi connectivity index (χ1v) is 9.05. The lowest BCUT2D eigenvalue weighted by molar-refractivity contribution is -0.143. The molecule has 2 aliphatic rings. The van der Waals surface area contributed by atoms with Crippen molar-refractivity contribution in [1.29, 1.82) is 0 Å². The first-order valence-electron chi connectivity index (χ1n) is 9.05. The van der Waals surface area contributed by atoms with Crippen LogP contribution in [0.3, 0.4) is 0 Å². The molecule has 0 aromatic carbocycles. The summed E-state index contributed by atoms with van der Waals surface area (Å²) in [5.74, 6) is 1.27. The Balaban J connectivity index is 1.81. The molecule has 3 rings (SSSR count). The number of rotatable bonds is 4. The fourth-order valence-corrected chi connectivity index (χ4v) is 3.25. The third-order valence-corrected chi connectivity index (χ3v) is 4.55. The lowest BCUT2D eigenvalue weighted by atomic mass is 10.0. The summed E-state index contributed by atoms with van der Waals surface area (Å²) in [6.07, 6.45) is 13.5. The van der Waals surface area contributed by atoms with Gasteiger partial charge in [-0.1, -0.05) is 18.2 Å². The van der Waals surface area contributed by atoms with E-state index >= 15 is 0 Å². The van der Waals surface area contributed by atoms with Gasteiger partial charge in [0.15, 0.2) is 11.9 Å². The number of piperidine rings is 1. The number of amides is 1. The summed E-state index contributed by atoms with van der Waals surface area (Å²) in [6, 6.07) is -0.170. The minimum absolute atomic E-state index is 0.0468. The summed E-state index contributed by atoms with van der Waals surface area (Å²) < 4.78 is 5.68. The molecule has 3 heterocycles. The lowest BCUT2D eigenvalue weighted by Gasteiger charge is -2.35. The second-order valence-corrected chi connectivity index (χ2v) is 6.39. The maximum atomic E-state index is 13.0. The lowest BCUT2D eigenvalue weighted by Crippen LogP contribution is -2.44. The molecule has 0 saturated carbocycles. The highest BCUT2D eigenvalue weighted by Gasteiger charge is 2.35. The van der Waals surface area contributed by atoms with Crippen LogP contribution in [0.15, 0.2) is 42.2 Å². The van der Waals surface area contributed by atoms with E-state index in [-0.39, 0.29) is 11.9 Å². The maximum absolute atomic E-state index is 13.0. The van der Waals surface area contributed by atoms with Gasteiger partial charge in [-0.15, -0.1) is 15.0 Å². The molecule has 2 atom stereocenters. The Kier molecular flexibility index (Phi) is 5.65. The molecular weight excluding hydrogens is 330 g/mol. The summed E-state index contributed by atoms with van der Waals surface area (Å²) in [7, 11) is 0. The number of likely N-dealkylation sites (tertiary alicyclic amines) is 1. The largest absolute Gasteiger partial charge is 0.481 e. The maximum Gasteiger partial charge on any atom is 0.268 e. The Morgan fingerprint density at radius 3 is 2.92 bits per heavy atom. The van der Waals surface area contributed by atoms with Gasteiger partial charge >= 0.3 is 0 Å². The van der Waals surface area contributed by atoms with E-state index in [0.717, 1.165) is 30.7 Å². The Bertz CT molecular complexity index is 775. The number of carbonyl (C=O) groups is 1. The molecule has 0 aliphatic carbocycles. The topological polar surface area (TPSA) is 73.1 Å². The Hall–Kier alpha value is -2.70. The first-order chi connectivity index (χ1) is 12.6. The number of allylic oxidation sites excluding steroid dienone is 7. The molecule has 2 aliphatic heterocycles. The highest BCUT2D eigenvalue weighted by atomic mass is 16.5. The minimum Gasteiger partial charge on any atom is -0.481 e. The van der Waals surface area contributed by atoms with Gasteiger partial charge in [0, 0.05) is 6.54 Å². The van der Waals surface area contributed by atoms with E-state index in [1.54, 1.807) is 6.08 Å². The normalized spacial score (nSPS) is 23.9. The van der Waals surface area contributed by atoms with Crippen molar-refractivity contribution < 1.29 is 9.53 Å². The van der Waals surface area contributed by atoms with Crippen molar-refractivity contribution in [3.8, 4) is 0 Å². The molecular formula is C19H25N5O2. The molecule has 1 aromatic heterocycles. The van der Waals surface area contributed by atoms with Crippen molar-refractivity contribution in [2.24, 2.45) is 0 Å². The smallest absolute Gasteiger partial charge is 0.268 e. The quantitative estimate of drug-likeness (QED) is 0.776. The summed E-state index contributed by atoms with van der Waals surface area (Å²) in [4.78, 5) is 16.3. The first kappa shape index (κ1) is 18.1. The molecule has 7 nitrogen and oxygen atoms in total. The Morgan fingerprint density at radius 1 is 1.35 bits per heavy atom. The Labute approximate surface area is 153 Å². The van der Waals surface area contributed by atoms with Crippen LogP contribution < -0.4 is 0 Å². The number of carbonyl (C=O) groups excluding carboxylic acids is 1. The molecule has 138 valence electrons. The zero-order chi connectivity index (χ0) is 18.5. The van der Waals surface area contributed by atoms with E-state index in [2.05, 4.69) is 15.4 Å². The zero-order valence-electron chi connectivity index (χ0n) is 15.5. The van der Waals surface area contributed by atoms with Gasteiger partial charge < -0.3 is 9.64 Å². The van der Waals surface area contributed by atoms with Crippen molar-refractivity contribution in [2.45, 2.75) is 52.2 Å². The van der Waals surface area contributed by atoms with Crippen LogP contribution in [0, 0.1) is 0 Å². The SMILES string of the molecule is C/C=C\C(=C/C)n1nnc(C2CCCCN2C(=O)C2C=CC=C(C)O2)n1. The van der Waals surface area contributed by atoms with Gasteiger partial charge in [-0.3, -0.25) is 4.79 Å². The molecule has 0 spiro atoms. The summed E-state index contributed by atoms with van der Waals surface area (Å²) in [5, 5.41) is 12.9. The predicted octanol–water partition coefficient (Wildman–Crippen LogP) is 3.02. The van der Waals surface area contributed by atoms with Crippen LogP contribution in [0.4, 0.5) is 0 Å². The molecule has 0 radical (unpaired) electrons. The van der Waals surface area contributed by atoms with Crippen molar-refractivity contribution >= 4 is 11.6 Å². The Morgan fingerprint density at radius 2 is 2.19 bits per heavy atom. The number of nitrogens with zero attached hydrogens (tertiary/aromatic N) is 5. The summed E-state index contributed by atoms with van der Waals surface area (Å²) in [5.41, 5.74) is 0.847. The third-order valence-electron chi connectivity index (χ3n) is 4.55. The van der Waals surface area contributed by atoms with Gasteiger partial charge in [-0.2, -0.15) is 0 Å². The van der Waals surface area contributed by atoms with Crippen molar-refractivity contribution in [1.82, 2.24) is 25.1 Å². The molecule has 1 amide bonds. The van der Waals surface area contributed by atoms with Gasteiger partial charge in [0.2, 0.25) is 0 Å². The van der Waals surface area contributed by atoms with E-state index in [4.69, 9.17) is 4.74 Å². The molecule has 0 bridgehead atoms. The zero-order valence-corrected chi connectivity index (χ0v) is 15.5. The third kappa shape index (κ3) is 3.76. The van der Waals surface area contributed by atoms with E-state index in [0.29, 0.717) is 12.4 Å². The standard InChI is InChI=1S/C19H25N5O2/c1-4-9-15(5-2)24-21-18(20-22-24)16-11-6-7-13-23(16)19(25)17-12-8-10-14(3)26-17/h4-5,8-10,12,16-17H,6-7,11,13H2,1-3H3/b9-4-,15-5+. The van der Waals surface area contributed by atoms with Gasteiger partial charge in [-0.05, 0) is 63.5 Å². The van der Waals surface area contributed by atoms with E-state index in [9.17, 15) is 4.79 Å². The molecule has 26 heavy (non-hydrogen) atoms. The molecule has 1 saturated heterocycles. The van der Waals surface area contributed by atoms with Crippen molar-refractivity contribution in [3.63, 3.8) is 0 Å². The highest BCUT2D eigenvalue weighted by Crippen LogP contribution is 2.30. The second-order valence-electron chi connectivity index (χ2n) is 6.39. The number of hydrogen-bond acceptors (Lipinski definition) is 5. The van der Waals surface area contributed by atoms with Crippen LogP contribution in [0.25, 0.3) is 5.70 Å². The number of ether oxygens (including phenoxy) is 1. The van der Waals surface area contributed by atoms with E-state index in [1.807, 2.05) is 56.1 Å². The van der Waals surface area contributed by atoms with Crippen LogP contribution in [0.2, 0.25) is 0 Å². The summed E-state index contributed by atoms with van der Waals surface area (Å²) >= 11 is 0. The van der Waals surface area contributed by atoms with Crippen molar-refractivity contribution in [3.05, 3.63) is 48.0 Å². The molecule has 0 N–H and O–H groups in total. The molecule has 1 aromatic rings. The second kappa shape index (κ2) is 8.12. The van der Waals surface area contributed by atoms with E-state index in [1.165, 1.54) is 4.80 Å². The minimum atomic E-state index is -0.579.